The molecule has 1 amide bonds. The van der Waals surface area contributed by atoms with E-state index >= 15 is 0 Å². The van der Waals surface area contributed by atoms with Crippen LogP contribution >= 0.6 is 11.6 Å². The molecule has 0 aromatic heterocycles. The first-order chi connectivity index (χ1) is 19.7. The monoisotopic (exact) mass is 572 g/mol. The minimum atomic E-state index is -0.904. The highest BCUT2D eigenvalue weighted by Crippen LogP contribution is 2.31. The van der Waals surface area contributed by atoms with Crippen LogP contribution in [0.3, 0.4) is 0 Å². The van der Waals surface area contributed by atoms with Gasteiger partial charge in [0, 0.05) is 29.4 Å². The van der Waals surface area contributed by atoms with Crippen molar-refractivity contribution in [1.29, 1.82) is 0 Å². The fourth-order valence-electron chi connectivity index (χ4n) is 4.30. The number of hydrogen-bond donors (Lipinski definition) is 3. The van der Waals surface area contributed by atoms with Gasteiger partial charge in [0.05, 0.1) is 0 Å². The molecular formula is C34H37ClN2O4. The summed E-state index contributed by atoms with van der Waals surface area (Å²) in [7, 11) is 0. The summed E-state index contributed by atoms with van der Waals surface area (Å²) in [6, 6.07) is 31.1. The van der Waals surface area contributed by atoms with E-state index in [0.717, 1.165) is 29.0 Å². The molecule has 0 saturated heterocycles. The third-order valence-electron chi connectivity index (χ3n) is 6.31. The van der Waals surface area contributed by atoms with Crippen LogP contribution in [0.2, 0.25) is 5.02 Å². The highest BCUT2D eigenvalue weighted by Gasteiger charge is 2.18. The van der Waals surface area contributed by atoms with Crippen molar-refractivity contribution < 1.29 is 19.4 Å². The van der Waals surface area contributed by atoms with Gasteiger partial charge in [0.1, 0.15) is 24.1 Å². The summed E-state index contributed by atoms with van der Waals surface area (Å²) < 4.78 is 11.2. The summed E-state index contributed by atoms with van der Waals surface area (Å²) in [5.41, 5.74) is 4.77. The number of aliphatic hydroxyl groups is 1. The molecule has 3 N–H and O–H groups in total. The van der Waals surface area contributed by atoms with Crippen LogP contribution in [-0.4, -0.2) is 23.3 Å². The maximum absolute atomic E-state index is 12.0. The van der Waals surface area contributed by atoms with Crippen LogP contribution in [-0.2, 0) is 24.3 Å². The Labute approximate surface area is 247 Å². The first-order valence-corrected chi connectivity index (χ1v) is 14.1. The zero-order valence-corrected chi connectivity index (χ0v) is 24.4. The van der Waals surface area contributed by atoms with Gasteiger partial charge in [-0.2, -0.15) is 0 Å². The fraction of sp³-hybridized carbons (Fsp3) is 0.265. The van der Waals surface area contributed by atoms with Crippen LogP contribution in [0, 0.1) is 0 Å². The third kappa shape index (κ3) is 9.55. The second-order valence-corrected chi connectivity index (χ2v) is 11.3. The van der Waals surface area contributed by atoms with Gasteiger partial charge in [0.25, 0.3) is 0 Å². The fourth-order valence-corrected chi connectivity index (χ4v) is 4.48. The lowest BCUT2D eigenvalue weighted by atomic mass is 9.98. The van der Waals surface area contributed by atoms with Crippen LogP contribution in [0.5, 0.6) is 5.75 Å². The molecule has 7 heteroatoms. The Morgan fingerprint density at radius 3 is 2.34 bits per heavy atom. The Hall–Kier alpha value is -4.00. The molecule has 0 heterocycles. The molecular weight excluding hydrogens is 536 g/mol. The Morgan fingerprint density at radius 2 is 1.61 bits per heavy atom. The van der Waals surface area contributed by atoms with Crippen molar-refractivity contribution in [3.05, 3.63) is 130 Å². The van der Waals surface area contributed by atoms with Crippen molar-refractivity contribution in [2.75, 3.05) is 11.9 Å². The molecule has 214 valence electrons. The largest absolute Gasteiger partial charge is 0.489 e. The Morgan fingerprint density at radius 1 is 0.878 bits per heavy atom. The molecule has 0 aliphatic carbocycles. The van der Waals surface area contributed by atoms with Gasteiger partial charge in [-0.25, -0.2) is 4.79 Å². The Bertz CT molecular complexity index is 1420. The predicted octanol–water partition coefficient (Wildman–Crippen LogP) is 7.68. The minimum absolute atomic E-state index is 0.284. The third-order valence-corrected chi connectivity index (χ3v) is 6.55. The smallest absolute Gasteiger partial charge is 0.407 e. The molecule has 6 nitrogen and oxygen atoms in total. The van der Waals surface area contributed by atoms with E-state index in [9.17, 15) is 9.90 Å². The maximum Gasteiger partial charge on any atom is 0.407 e. The van der Waals surface area contributed by atoms with Crippen molar-refractivity contribution >= 4 is 23.4 Å². The molecule has 0 fully saturated rings. The number of anilines is 1. The predicted molar refractivity (Wildman–Crippen MR) is 164 cm³/mol. The zero-order valence-electron chi connectivity index (χ0n) is 23.7. The average Bonchev–Trinajstić information content (AvgIpc) is 2.96. The second kappa shape index (κ2) is 14.1. The summed E-state index contributed by atoms with van der Waals surface area (Å²) >= 11 is 6.31. The molecule has 4 aromatic rings. The number of hydrogen-bond acceptors (Lipinski definition) is 5. The number of halogens is 1. The molecule has 0 saturated carbocycles. The molecule has 0 aliphatic rings. The van der Waals surface area contributed by atoms with Crippen LogP contribution in [0.25, 0.3) is 0 Å². The summed E-state index contributed by atoms with van der Waals surface area (Å²) in [6.07, 6.45) is -0.596. The molecule has 0 aliphatic heterocycles. The molecule has 4 rings (SSSR count). The first-order valence-electron chi connectivity index (χ1n) is 13.7. The van der Waals surface area contributed by atoms with Crippen LogP contribution < -0.4 is 15.4 Å². The van der Waals surface area contributed by atoms with Gasteiger partial charge in [0.2, 0.25) is 0 Å². The topological polar surface area (TPSA) is 79.8 Å². The molecule has 41 heavy (non-hydrogen) atoms. The molecule has 0 radical (unpaired) electrons. The van der Waals surface area contributed by atoms with E-state index in [4.69, 9.17) is 21.1 Å². The lowest BCUT2D eigenvalue weighted by Crippen LogP contribution is -2.32. The highest BCUT2D eigenvalue weighted by atomic mass is 35.5. The number of aliphatic hydroxyl groups excluding tert-OH is 1. The van der Waals surface area contributed by atoms with E-state index in [1.54, 1.807) is 12.1 Å². The van der Waals surface area contributed by atoms with Gasteiger partial charge < -0.3 is 25.2 Å². The summed E-state index contributed by atoms with van der Waals surface area (Å²) in [6.45, 7) is 6.95. The summed E-state index contributed by atoms with van der Waals surface area (Å²) in [4.78, 5) is 12.0. The molecule has 1 unspecified atom stereocenters. The number of carbonyl (C=O) groups is 1. The standard InChI is InChI=1S/C34H37ClN2O4/c1-34(2,3)41-33(39)37-22-26-10-7-11-27(20-26)32(38)30-21-28(35)14-17-31(30)36-19-18-24-12-15-29(16-13-24)40-23-25-8-5-4-6-9-25/h4-17,20-21,32,36,38H,18-19,22-23H2,1-3H3,(H,37,39). The number of benzene rings is 4. The quantitative estimate of drug-likeness (QED) is 0.172. The van der Waals surface area contributed by atoms with E-state index in [-0.39, 0.29) is 6.54 Å². The molecule has 0 bridgehead atoms. The number of amides is 1. The number of ether oxygens (including phenoxy) is 2. The molecule has 1 atom stereocenters. The van der Waals surface area contributed by atoms with Crippen molar-refractivity contribution in [3.8, 4) is 5.75 Å². The highest BCUT2D eigenvalue weighted by molar-refractivity contribution is 6.30. The van der Waals surface area contributed by atoms with E-state index in [0.29, 0.717) is 29.3 Å². The number of rotatable bonds is 11. The molecule has 0 spiro atoms. The lowest BCUT2D eigenvalue weighted by Gasteiger charge is -2.20. The Balaban J connectivity index is 1.34. The average molecular weight is 573 g/mol. The Kier molecular flexibility index (Phi) is 10.3. The maximum atomic E-state index is 12.0. The number of carbonyl (C=O) groups excluding carboxylic acids is 1. The van der Waals surface area contributed by atoms with Crippen molar-refractivity contribution in [2.45, 2.75) is 52.0 Å². The second-order valence-electron chi connectivity index (χ2n) is 10.8. The van der Waals surface area contributed by atoms with Gasteiger partial charge in [-0.3, -0.25) is 0 Å². The minimum Gasteiger partial charge on any atom is -0.489 e. The van der Waals surface area contributed by atoms with E-state index < -0.39 is 17.8 Å². The van der Waals surface area contributed by atoms with Gasteiger partial charge >= 0.3 is 6.09 Å². The zero-order chi connectivity index (χ0) is 29.2. The SMILES string of the molecule is CC(C)(C)OC(=O)NCc1cccc(C(O)c2cc(Cl)ccc2NCCc2ccc(OCc3ccccc3)cc2)c1. The van der Waals surface area contributed by atoms with E-state index in [2.05, 4.69) is 22.8 Å². The van der Waals surface area contributed by atoms with Crippen molar-refractivity contribution in [2.24, 2.45) is 0 Å². The first kappa shape index (κ1) is 30.0. The van der Waals surface area contributed by atoms with Crippen LogP contribution in [0.1, 0.15) is 54.7 Å². The van der Waals surface area contributed by atoms with Crippen molar-refractivity contribution in [1.82, 2.24) is 5.32 Å². The van der Waals surface area contributed by atoms with Crippen LogP contribution in [0.4, 0.5) is 10.5 Å². The van der Waals surface area contributed by atoms with Gasteiger partial charge in [-0.05, 0) is 79.8 Å². The van der Waals surface area contributed by atoms with Crippen LogP contribution in [0.15, 0.2) is 97.1 Å². The van der Waals surface area contributed by atoms with E-state index in [1.807, 2.05) is 93.6 Å². The number of alkyl carbamates (subject to hydrolysis) is 1. The van der Waals surface area contributed by atoms with Gasteiger partial charge in [0.15, 0.2) is 0 Å². The lowest BCUT2D eigenvalue weighted by molar-refractivity contribution is 0.0523. The number of nitrogens with one attached hydrogen (secondary N) is 2. The van der Waals surface area contributed by atoms with Gasteiger partial charge in [-0.15, -0.1) is 0 Å². The normalized spacial score (nSPS) is 11.9. The summed E-state index contributed by atoms with van der Waals surface area (Å²) in [5, 5.41) is 18.1. The van der Waals surface area contributed by atoms with E-state index in [1.165, 1.54) is 5.56 Å². The molecule has 4 aromatic carbocycles. The van der Waals surface area contributed by atoms with Crippen molar-refractivity contribution in [3.63, 3.8) is 0 Å². The summed E-state index contributed by atoms with van der Waals surface area (Å²) in [5.74, 6) is 0.831. The van der Waals surface area contributed by atoms with Gasteiger partial charge in [-0.1, -0.05) is 78.3 Å².